The van der Waals surface area contributed by atoms with Crippen molar-refractivity contribution in [3.05, 3.63) is 54.4 Å². The second-order valence-electron chi connectivity index (χ2n) is 4.48. The van der Waals surface area contributed by atoms with Crippen LogP contribution in [0.2, 0.25) is 0 Å². The van der Waals surface area contributed by atoms with Crippen LogP contribution in [0.5, 0.6) is 5.75 Å². The maximum atomic E-state index is 12.0. The third-order valence-electron chi connectivity index (χ3n) is 3.08. The van der Waals surface area contributed by atoms with Crippen LogP contribution < -0.4 is 14.6 Å². The van der Waals surface area contributed by atoms with Gasteiger partial charge in [-0.1, -0.05) is 19.1 Å². The van der Waals surface area contributed by atoms with E-state index in [-0.39, 0.29) is 12.5 Å². The van der Waals surface area contributed by atoms with Crippen molar-refractivity contribution in [2.45, 2.75) is 19.9 Å². The Balaban J connectivity index is 2.01. The van der Waals surface area contributed by atoms with Crippen molar-refractivity contribution in [2.75, 3.05) is 12.4 Å². The summed E-state index contributed by atoms with van der Waals surface area (Å²) in [6, 6.07) is 11.4. The van der Waals surface area contributed by atoms with Crippen LogP contribution in [0.1, 0.15) is 12.5 Å². The van der Waals surface area contributed by atoms with Crippen LogP contribution in [0.4, 0.5) is 5.69 Å². The van der Waals surface area contributed by atoms with Crippen molar-refractivity contribution in [1.82, 2.24) is 0 Å². The lowest BCUT2D eigenvalue weighted by molar-refractivity contribution is -0.684. The van der Waals surface area contributed by atoms with Crippen molar-refractivity contribution in [3.8, 4) is 5.75 Å². The lowest BCUT2D eigenvalue weighted by Crippen LogP contribution is -2.39. The number of ether oxygens (including phenoxy) is 1. The zero-order valence-electron chi connectivity index (χ0n) is 11.8. The molecule has 1 amide bonds. The van der Waals surface area contributed by atoms with E-state index in [2.05, 4.69) is 12.2 Å². The summed E-state index contributed by atoms with van der Waals surface area (Å²) in [5.41, 5.74) is 1.94. The Kier molecular flexibility index (Phi) is 4.71. The fourth-order valence-electron chi connectivity index (χ4n) is 1.93. The van der Waals surface area contributed by atoms with Gasteiger partial charge in [0.15, 0.2) is 12.4 Å². The number of hydrogen-bond donors (Lipinski definition) is 1. The van der Waals surface area contributed by atoms with Gasteiger partial charge >= 0.3 is 0 Å². The van der Waals surface area contributed by atoms with Crippen LogP contribution in [-0.2, 0) is 17.8 Å². The molecule has 0 saturated heterocycles. The van der Waals surface area contributed by atoms with Gasteiger partial charge in [-0.2, -0.15) is 4.57 Å². The molecule has 0 fully saturated rings. The summed E-state index contributed by atoms with van der Waals surface area (Å²) < 4.78 is 7.06. The number of methoxy groups -OCH3 is 1. The highest BCUT2D eigenvalue weighted by Crippen LogP contribution is 2.22. The maximum absolute atomic E-state index is 12.0. The predicted octanol–water partition coefficient (Wildman–Crippen LogP) is 2.18. The largest absolute Gasteiger partial charge is 0.495 e. The number of aromatic nitrogens is 1. The topological polar surface area (TPSA) is 42.2 Å². The number of pyridine rings is 1. The molecule has 0 aliphatic rings. The highest BCUT2D eigenvalue weighted by molar-refractivity contribution is 5.91. The number of carbonyl (C=O) groups excluding carboxylic acids is 1. The smallest absolute Gasteiger partial charge is 0.290 e. The van der Waals surface area contributed by atoms with E-state index in [1.54, 1.807) is 7.11 Å². The molecule has 1 N–H and O–H groups in total. The minimum Gasteiger partial charge on any atom is -0.495 e. The molecule has 0 spiro atoms. The van der Waals surface area contributed by atoms with Crippen LogP contribution >= 0.6 is 0 Å². The normalized spacial score (nSPS) is 10.1. The van der Waals surface area contributed by atoms with Gasteiger partial charge in [0.2, 0.25) is 6.54 Å². The second-order valence-corrected chi connectivity index (χ2v) is 4.48. The molecule has 4 heteroatoms. The van der Waals surface area contributed by atoms with Crippen LogP contribution in [0.25, 0.3) is 0 Å². The summed E-state index contributed by atoms with van der Waals surface area (Å²) in [4.78, 5) is 12.0. The maximum Gasteiger partial charge on any atom is 0.290 e. The van der Waals surface area contributed by atoms with Crippen molar-refractivity contribution < 1.29 is 14.1 Å². The average Bonchev–Trinajstić information content (AvgIpc) is 2.48. The van der Waals surface area contributed by atoms with Crippen molar-refractivity contribution in [1.29, 1.82) is 0 Å². The fourth-order valence-corrected chi connectivity index (χ4v) is 1.93. The summed E-state index contributed by atoms with van der Waals surface area (Å²) in [7, 11) is 1.59. The summed E-state index contributed by atoms with van der Waals surface area (Å²) in [6.45, 7) is 2.39. The van der Waals surface area contributed by atoms with E-state index >= 15 is 0 Å². The molecular weight excluding hydrogens is 252 g/mol. The zero-order chi connectivity index (χ0) is 14.4. The first-order valence-corrected chi connectivity index (χ1v) is 6.63. The van der Waals surface area contributed by atoms with E-state index in [0.717, 1.165) is 6.42 Å². The first-order valence-electron chi connectivity index (χ1n) is 6.63. The Bertz CT molecular complexity index is 579. The number of nitrogens with one attached hydrogen (secondary N) is 1. The van der Waals surface area contributed by atoms with Crippen LogP contribution in [0.3, 0.4) is 0 Å². The molecule has 1 aromatic carbocycles. The number of nitrogens with zero attached hydrogens (tertiary/aromatic N) is 1. The molecule has 20 heavy (non-hydrogen) atoms. The Morgan fingerprint density at radius 2 is 1.90 bits per heavy atom. The Hall–Kier alpha value is -2.36. The minimum atomic E-state index is -0.0799. The van der Waals surface area contributed by atoms with Gasteiger partial charge in [0, 0.05) is 12.1 Å². The van der Waals surface area contributed by atoms with E-state index < -0.39 is 0 Å². The zero-order valence-corrected chi connectivity index (χ0v) is 11.8. The molecule has 1 aromatic heterocycles. The monoisotopic (exact) mass is 271 g/mol. The standard InChI is InChI=1S/C16H18N2O2/c1-3-13-8-10-18(11-9-13)12-16(19)17-14-6-4-5-7-15(14)20-2/h4-11H,3,12H2,1-2H3/p+1. The molecule has 4 nitrogen and oxygen atoms in total. The number of aryl methyl sites for hydroxylation is 1. The van der Waals surface area contributed by atoms with E-state index in [0.29, 0.717) is 11.4 Å². The lowest BCUT2D eigenvalue weighted by atomic mass is 10.2. The number of para-hydroxylation sites is 2. The van der Waals surface area contributed by atoms with Gasteiger partial charge in [-0.15, -0.1) is 0 Å². The fraction of sp³-hybridized carbons (Fsp3) is 0.250. The van der Waals surface area contributed by atoms with Gasteiger partial charge in [0.25, 0.3) is 5.91 Å². The molecule has 0 atom stereocenters. The van der Waals surface area contributed by atoms with Gasteiger partial charge in [0.05, 0.1) is 12.8 Å². The number of benzene rings is 1. The predicted molar refractivity (Wildman–Crippen MR) is 77.6 cm³/mol. The van der Waals surface area contributed by atoms with E-state index in [9.17, 15) is 4.79 Å². The molecular formula is C16H19N2O2+. The lowest BCUT2D eigenvalue weighted by Gasteiger charge is -2.08. The van der Waals surface area contributed by atoms with Crippen molar-refractivity contribution in [3.63, 3.8) is 0 Å². The number of carbonyl (C=O) groups is 1. The molecule has 0 bridgehead atoms. The molecule has 0 aliphatic heterocycles. The number of rotatable bonds is 5. The first kappa shape index (κ1) is 14.1. The summed E-state index contributed by atoms with van der Waals surface area (Å²) in [5.74, 6) is 0.580. The minimum absolute atomic E-state index is 0.0799. The molecule has 104 valence electrons. The van der Waals surface area contributed by atoms with Crippen molar-refractivity contribution >= 4 is 11.6 Å². The molecule has 0 radical (unpaired) electrons. The van der Waals surface area contributed by atoms with Gasteiger partial charge in [-0.25, -0.2) is 0 Å². The summed E-state index contributed by atoms with van der Waals surface area (Å²) in [5, 5.41) is 2.85. The Labute approximate surface area is 119 Å². The van der Waals surface area contributed by atoms with Gasteiger partial charge in [0.1, 0.15) is 5.75 Å². The average molecular weight is 271 g/mol. The second kappa shape index (κ2) is 6.70. The Morgan fingerprint density at radius 1 is 1.20 bits per heavy atom. The van der Waals surface area contributed by atoms with Crippen LogP contribution in [0.15, 0.2) is 48.8 Å². The van der Waals surface area contributed by atoms with Crippen LogP contribution in [-0.4, -0.2) is 13.0 Å². The van der Waals surface area contributed by atoms with E-state index in [1.807, 2.05) is 53.4 Å². The van der Waals surface area contributed by atoms with Gasteiger partial charge in [-0.05, 0) is 24.1 Å². The third kappa shape index (κ3) is 3.57. The number of amides is 1. The summed E-state index contributed by atoms with van der Waals surface area (Å²) in [6.07, 6.45) is 4.83. The van der Waals surface area contributed by atoms with Gasteiger partial charge in [-0.3, -0.25) is 4.79 Å². The molecule has 1 heterocycles. The Morgan fingerprint density at radius 3 is 2.55 bits per heavy atom. The van der Waals surface area contributed by atoms with Crippen molar-refractivity contribution in [2.24, 2.45) is 0 Å². The number of hydrogen-bond acceptors (Lipinski definition) is 2. The number of anilines is 1. The highest BCUT2D eigenvalue weighted by Gasteiger charge is 2.11. The quantitative estimate of drug-likeness (QED) is 0.847. The SMILES string of the molecule is CCc1cc[n+](CC(=O)Nc2ccccc2OC)cc1. The highest BCUT2D eigenvalue weighted by atomic mass is 16.5. The molecule has 2 rings (SSSR count). The van der Waals surface area contributed by atoms with E-state index in [1.165, 1.54) is 5.56 Å². The molecule has 0 unspecified atom stereocenters. The molecule has 0 saturated carbocycles. The third-order valence-corrected chi connectivity index (χ3v) is 3.08. The first-order chi connectivity index (χ1) is 9.72. The summed E-state index contributed by atoms with van der Waals surface area (Å²) >= 11 is 0. The molecule has 0 aliphatic carbocycles. The van der Waals surface area contributed by atoms with E-state index in [4.69, 9.17) is 4.74 Å². The van der Waals surface area contributed by atoms with Gasteiger partial charge < -0.3 is 10.1 Å². The van der Waals surface area contributed by atoms with Crippen LogP contribution in [0, 0.1) is 0 Å². The molecule has 2 aromatic rings.